The number of hydrogen-bond donors (Lipinski definition) is 4. The molecule has 0 aliphatic carbocycles. The third-order valence-electron chi connectivity index (χ3n) is 3.25. The summed E-state index contributed by atoms with van der Waals surface area (Å²) in [6.07, 6.45) is 1.39. The van der Waals surface area contributed by atoms with Gasteiger partial charge in [-0.3, -0.25) is 5.32 Å². The zero-order valence-corrected chi connectivity index (χ0v) is 9.92. The van der Waals surface area contributed by atoms with E-state index in [-0.39, 0.29) is 31.0 Å². The Bertz CT molecular complexity index is 242. The second-order valence-electron chi connectivity index (χ2n) is 4.95. The van der Waals surface area contributed by atoms with Crippen LogP contribution in [0.4, 0.5) is 0 Å². The van der Waals surface area contributed by atoms with Crippen molar-refractivity contribution in [3.05, 3.63) is 0 Å². The summed E-state index contributed by atoms with van der Waals surface area (Å²) in [5.74, 6) is 0. The molecule has 0 radical (unpaired) electrons. The zero-order chi connectivity index (χ0) is 12.3. The molecule has 1 unspecified atom stereocenters. The first-order valence-corrected chi connectivity index (χ1v) is 6.21. The summed E-state index contributed by atoms with van der Waals surface area (Å²) in [4.78, 5) is 0. The van der Waals surface area contributed by atoms with Gasteiger partial charge in [0, 0.05) is 24.9 Å². The molecular formula is C11H22N2O4. The summed E-state index contributed by atoms with van der Waals surface area (Å²) >= 11 is 0. The van der Waals surface area contributed by atoms with Crippen molar-refractivity contribution in [1.82, 2.24) is 5.32 Å². The summed E-state index contributed by atoms with van der Waals surface area (Å²) in [5.41, 5.74) is 5.91. The molecular weight excluding hydrogens is 224 g/mol. The number of aliphatic hydroxyl groups excluding tert-OH is 2. The minimum absolute atomic E-state index is 0.00168. The van der Waals surface area contributed by atoms with Gasteiger partial charge >= 0.3 is 0 Å². The molecule has 2 aliphatic heterocycles. The topological polar surface area (TPSA) is 97.0 Å². The maximum absolute atomic E-state index is 9.47. The van der Waals surface area contributed by atoms with Crippen LogP contribution in [0.5, 0.6) is 0 Å². The van der Waals surface area contributed by atoms with E-state index in [1.807, 2.05) is 0 Å². The minimum Gasteiger partial charge on any atom is -0.395 e. The Balaban J connectivity index is 1.80. The van der Waals surface area contributed by atoms with Crippen LogP contribution in [0, 0.1) is 0 Å². The molecule has 2 saturated heterocycles. The normalized spacial score (nSPS) is 43.6. The van der Waals surface area contributed by atoms with Crippen LogP contribution in [-0.2, 0) is 9.47 Å². The quantitative estimate of drug-likeness (QED) is 0.486. The molecule has 5 atom stereocenters. The van der Waals surface area contributed by atoms with Crippen molar-refractivity contribution in [1.29, 1.82) is 0 Å². The van der Waals surface area contributed by atoms with Crippen LogP contribution in [0.1, 0.15) is 19.3 Å². The third-order valence-corrected chi connectivity index (χ3v) is 3.25. The molecule has 0 spiro atoms. The van der Waals surface area contributed by atoms with E-state index in [1.54, 1.807) is 0 Å². The van der Waals surface area contributed by atoms with Gasteiger partial charge in [-0.15, -0.1) is 0 Å². The molecule has 100 valence electrons. The fourth-order valence-corrected chi connectivity index (χ4v) is 2.46. The number of ether oxygens (including phenoxy) is 2. The molecule has 0 saturated carbocycles. The van der Waals surface area contributed by atoms with E-state index in [0.29, 0.717) is 19.6 Å². The Hall–Kier alpha value is -0.240. The van der Waals surface area contributed by atoms with Gasteiger partial charge < -0.3 is 25.4 Å². The SMILES string of the molecule is N[C@@H]1CC(CO)N[C@H](O[C@H]2COC[C@@H](O)C2)C1. The molecule has 2 fully saturated rings. The van der Waals surface area contributed by atoms with Gasteiger partial charge in [-0.1, -0.05) is 0 Å². The lowest BCUT2D eigenvalue weighted by atomic mass is 9.99. The van der Waals surface area contributed by atoms with Gasteiger partial charge in [0.1, 0.15) is 6.23 Å². The fraction of sp³-hybridized carbons (Fsp3) is 1.00. The smallest absolute Gasteiger partial charge is 0.110 e. The summed E-state index contributed by atoms with van der Waals surface area (Å²) in [6, 6.07) is 0.0472. The number of rotatable bonds is 3. The van der Waals surface area contributed by atoms with Gasteiger partial charge in [0.15, 0.2) is 0 Å². The third kappa shape index (κ3) is 3.87. The van der Waals surface area contributed by atoms with Crippen LogP contribution in [-0.4, -0.2) is 60.6 Å². The highest BCUT2D eigenvalue weighted by molar-refractivity contribution is 4.84. The van der Waals surface area contributed by atoms with Crippen molar-refractivity contribution in [2.45, 2.75) is 49.8 Å². The minimum atomic E-state index is -0.445. The van der Waals surface area contributed by atoms with Crippen LogP contribution in [0.2, 0.25) is 0 Å². The molecule has 5 N–H and O–H groups in total. The number of nitrogens with two attached hydrogens (primary N) is 1. The van der Waals surface area contributed by atoms with Crippen molar-refractivity contribution in [3.8, 4) is 0 Å². The van der Waals surface area contributed by atoms with E-state index < -0.39 is 6.10 Å². The zero-order valence-electron chi connectivity index (χ0n) is 9.92. The summed E-state index contributed by atoms with van der Waals surface area (Å²) in [5, 5.41) is 21.8. The van der Waals surface area contributed by atoms with E-state index in [0.717, 1.165) is 12.8 Å². The van der Waals surface area contributed by atoms with Gasteiger partial charge in [0.25, 0.3) is 0 Å². The Morgan fingerprint density at radius 3 is 2.82 bits per heavy atom. The first kappa shape index (κ1) is 13.2. The predicted molar refractivity (Wildman–Crippen MR) is 61.3 cm³/mol. The van der Waals surface area contributed by atoms with Gasteiger partial charge in [0.05, 0.1) is 32.0 Å². The lowest BCUT2D eigenvalue weighted by Gasteiger charge is -2.37. The second kappa shape index (κ2) is 6.08. The first-order valence-electron chi connectivity index (χ1n) is 6.21. The standard InChI is InChI=1S/C11H22N2O4/c12-7-1-8(4-14)13-11(2-7)17-10-3-9(15)5-16-6-10/h7-11,13-15H,1-6,12H2/t7-,8?,9+,10-,11-/m1/s1. The van der Waals surface area contributed by atoms with Crippen LogP contribution in [0.15, 0.2) is 0 Å². The molecule has 6 nitrogen and oxygen atoms in total. The summed E-state index contributed by atoms with van der Waals surface area (Å²) < 4.78 is 11.1. The largest absolute Gasteiger partial charge is 0.395 e. The van der Waals surface area contributed by atoms with Crippen molar-refractivity contribution >= 4 is 0 Å². The molecule has 0 aromatic carbocycles. The molecule has 17 heavy (non-hydrogen) atoms. The van der Waals surface area contributed by atoms with Crippen LogP contribution < -0.4 is 11.1 Å². The molecule has 0 aromatic heterocycles. The van der Waals surface area contributed by atoms with Crippen LogP contribution in [0.3, 0.4) is 0 Å². The predicted octanol–water partition coefficient (Wildman–Crippen LogP) is -1.45. The Morgan fingerprint density at radius 2 is 2.12 bits per heavy atom. The van der Waals surface area contributed by atoms with E-state index in [9.17, 15) is 5.11 Å². The molecule has 2 aliphatic rings. The molecule has 2 rings (SSSR count). The monoisotopic (exact) mass is 246 g/mol. The van der Waals surface area contributed by atoms with Crippen molar-refractivity contribution < 1.29 is 19.7 Å². The van der Waals surface area contributed by atoms with Gasteiger partial charge in [-0.25, -0.2) is 0 Å². The van der Waals surface area contributed by atoms with Gasteiger partial charge in [-0.2, -0.15) is 0 Å². The number of nitrogens with one attached hydrogen (secondary N) is 1. The summed E-state index contributed by atoms with van der Waals surface area (Å²) in [7, 11) is 0. The Morgan fingerprint density at radius 1 is 1.29 bits per heavy atom. The highest BCUT2D eigenvalue weighted by Gasteiger charge is 2.30. The molecule has 0 amide bonds. The summed E-state index contributed by atoms with van der Waals surface area (Å²) in [6.45, 7) is 0.961. The molecule has 0 bridgehead atoms. The Kier molecular flexibility index (Phi) is 4.72. The van der Waals surface area contributed by atoms with Gasteiger partial charge in [0.2, 0.25) is 0 Å². The van der Waals surface area contributed by atoms with Gasteiger partial charge in [-0.05, 0) is 6.42 Å². The van der Waals surface area contributed by atoms with Crippen molar-refractivity contribution in [2.24, 2.45) is 5.73 Å². The molecule has 2 heterocycles. The van der Waals surface area contributed by atoms with Crippen LogP contribution >= 0.6 is 0 Å². The first-order chi connectivity index (χ1) is 8.17. The van der Waals surface area contributed by atoms with Crippen molar-refractivity contribution in [3.63, 3.8) is 0 Å². The van der Waals surface area contributed by atoms with E-state index in [1.165, 1.54) is 0 Å². The van der Waals surface area contributed by atoms with E-state index in [4.69, 9.17) is 20.3 Å². The fourth-order valence-electron chi connectivity index (χ4n) is 2.46. The van der Waals surface area contributed by atoms with Crippen molar-refractivity contribution in [2.75, 3.05) is 19.8 Å². The lowest BCUT2D eigenvalue weighted by Crippen LogP contribution is -2.54. The number of hydrogen-bond acceptors (Lipinski definition) is 6. The highest BCUT2D eigenvalue weighted by atomic mass is 16.6. The Labute approximate surface area is 101 Å². The molecule has 0 aromatic rings. The average molecular weight is 246 g/mol. The molecule has 6 heteroatoms. The van der Waals surface area contributed by atoms with Crippen LogP contribution in [0.25, 0.3) is 0 Å². The number of aliphatic hydroxyl groups is 2. The second-order valence-corrected chi connectivity index (χ2v) is 4.95. The maximum atomic E-state index is 9.47. The highest BCUT2D eigenvalue weighted by Crippen LogP contribution is 2.18. The number of piperidine rings is 1. The maximum Gasteiger partial charge on any atom is 0.110 e. The lowest BCUT2D eigenvalue weighted by molar-refractivity contribution is -0.137. The van der Waals surface area contributed by atoms with E-state index >= 15 is 0 Å². The van der Waals surface area contributed by atoms with E-state index in [2.05, 4.69) is 5.32 Å². The average Bonchev–Trinajstić information content (AvgIpc) is 2.28.